The summed E-state index contributed by atoms with van der Waals surface area (Å²) >= 11 is 3.49. The molecule has 92 valence electrons. The molecule has 0 spiro atoms. The minimum absolute atomic E-state index is 0.573. The summed E-state index contributed by atoms with van der Waals surface area (Å²) in [6, 6.07) is 0. The second-order valence-corrected chi connectivity index (χ2v) is 7.02. The highest BCUT2D eigenvalue weighted by atomic mass is 32.2. The Morgan fingerprint density at radius 3 is 2.25 bits per heavy atom. The standard InChI is InChI=1S/C11H18O3S2/c12-9(13)10(2-1-5-16-8-10)11(14)3-6-15-7-4-11/h14H,1-8H2,(H,12,13). The molecule has 2 aliphatic rings. The van der Waals surface area contributed by atoms with Crippen LogP contribution in [0.15, 0.2) is 0 Å². The molecule has 2 aliphatic heterocycles. The van der Waals surface area contributed by atoms with E-state index in [1.807, 2.05) is 11.8 Å². The number of hydrogen-bond acceptors (Lipinski definition) is 4. The predicted molar refractivity (Wildman–Crippen MR) is 68.1 cm³/mol. The van der Waals surface area contributed by atoms with Gasteiger partial charge in [-0.1, -0.05) is 0 Å². The summed E-state index contributed by atoms with van der Waals surface area (Å²) in [5.74, 6) is 2.57. The first-order valence-electron chi connectivity index (χ1n) is 5.72. The fourth-order valence-corrected chi connectivity index (χ4v) is 5.26. The van der Waals surface area contributed by atoms with Gasteiger partial charge in [0.25, 0.3) is 0 Å². The number of thioether (sulfide) groups is 2. The Morgan fingerprint density at radius 2 is 1.75 bits per heavy atom. The molecule has 1 unspecified atom stereocenters. The van der Waals surface area contributed by atoms with Gasteiger partial charge in [-0.3, -0.25) is 4.79 Å². The smallest absolute Gasteiger partial charge is 0.313 e. The van der Waals surface area contributed by atoms with Gasteiger partial charge in [0.1, 0.15) is 5.41 Å². The fourth-order valence-electron chi connectivity index (χ4n) is 2.72. The van der Waals surface area contributed by atoms with Gasteiger partial charge in [0.2, 0.25) is 0 Å². The molecule has 5 heteroatoms. The van der Waals surface area contributed by atoms with E-state index in [1.54, 1.807) is 11.8 Å². The minimum Gasteiger partial charge on any atom is -0.481 e. The molecule has 0 aromatic heterocycles. The average Bonchev–Trinajstić information content (AvgIpc) is 2.30. The number of carboxylic acid groups (broad SMARTS) is 1. The van der Waals surface area contributed by atoms with Gasteiger partial charge in [0.15, 0.2) is 0 Å². The predicted octanol–water partition coefficient (Wildman–Crippen LogP) is 1.84. The van der Waals surface area contributed by atoms with Crippen LogP contribution in [0.4, 0.5) is 0 Å². The highest BCUT2D eigenvalue weighted by Crippen LogP contribution is 2.49. The molecule has 2 heterocycles. The lowest BCUT2D eigenvalue weighted by atomic mass is 9.67. The second-order valence-electron chi connectivity index (χ2n) is 4.69. The van der Waals surface area contributed by atoms with Gasteiger partial charge in [-0.25, -0.2) is 0 Å². The van der Waals surface area contributed by atoms with E-state index in [4.69, 9.17) is 0 Å². The number of carboxylic acids is 1. The van der Waals surface area contributed by atoms with Gasteiger partial charge in [-0.2, -0.15) is 23.5 Å². The third-order valence-electron chi connectivity index (χ3n) is 3.86. The summed E-state index contributed by atoms with van der Waals surface area (Å²) in [5, 5.41) is 20.2. The summed E-state index contributed by atoms with van der Waals surface area (Å²) < 4.78 is 0. The normalized spacial score (nSPS) is 34.6. The van der Waals surface area contributed by atoms with Gasteiger partial charge in [0, 0.05) is 5.75 Å². The summed E-state index contributed by atoms with van der Waals surface area (Å²) in [6.45, 7) is 0. The molecule has 2 N–H and O–H groups in total. The van der Waals surface area contributed by atoms with Gasteiger partial charge in [-0.05, 0) is 42.9 Å². The van der Waals surface area contributed by atoms with Crippen molar-refractivity contribution >= 4 is 29.5 Å². The van der Waals surface area contributed by atoms with Crippen molar-refractivity contribution in [3.8, 4) is 0 Å². The SMILES string of the molecule is O=C(O)C1(C2(O)CCSCC2)CCCSC1. The van der Waals surface area contributed by atoms with E-state index < -0.39 is 17.0 Å². The van der Waals surface area contributed by atoms with Crippen LogP contribution < -0.4 is 0 Å². The lowest BCUT2D eigenvalue weighted by molar-refractivity contribution is -0.169. The molecule has 2 saturated heterocycles. The summed E-state index contributed by atoms with van der Waals surface area (Å²) in [7, 11) is 0. The zero-order valence-corrected chi connectivity index (χ0v) is 10.9. The molecule has 2 fully saturated rings. The van der Waals surface area contributed by atoms with Crippen molar-refractivity contribution in [3.63, 3.8) is 0 Å². The van der Waals surface area contributed by atoms with Crippen molar-refractivity contribution in [2.45, 2.75) is 31.3 Å². The van der Waals surface area contributed by atoms with Crippen molar-refractivity contribution < 1.29 is 15.0 Å². The second kappa shape index (κ2) is 4.78. The number of rotatable bonds is 2. The van der Waals surface area contributed by atoms with Crippen molar-refractivity contribution in [1.29, 1.82) is 0 Å². The van der Waals surface area contributed by atoms with Crippen molar-refractivity contribution in [2.75, 3.05) is 23.0 Å². The minimum atomic E-state index is -0.975. The average molecular weight is 262 g/mol. The van der Waals surface area contributed by atoms with Gasteiger partial charge in [0.05, 0.1) is 5.60 Å². The van der Waals surface area contributed by atoms with Crippen LogP contribution >= 0.6 is 23.5 Å². The van der Waals surface area contributed by atoms with E-state index in [-0.39, 0.29) is 0 Å². The van der Waals surface area contributed by atoms with Crippen LogP contribution in [0, 0.1) is 5.41 Å². The molecule has 0 amide bonds. The van der Waals surface area contributed by atoms with Crippen LogP contribution in [0.25, 0.3) is 0 Å². The molecular weight excluding hydrogens is 244 g/mol. The Bertz CT molecular complexity index is 268. The van der Waals surface area contributed by atoms with Crippen molar-refractivity contribution in [1.82, 2.24) is 0 Å². The fraction of sp³-hybridized carbons (Fsp3) is 0.909. The van der Waals surface area contributed by atoms with Crippen LogP contribution in [0.2, 0.25) is 0 Å². The monoisotopic (exact) mass is 262 g/mol. The number of aliphatic hydroxyl groups is 1. The number of carbonyl (C=O) groups is 1. The quantitative estimate of drug-likeness (QED) is 0.795. The van der Waals surface area contributed by atoms with Crippen LogP contribution in [0.1, 0.15) is 25.7 Å². The zero-order chi connectivity index (χ0) is 11.6. The van der Waals surface area contributed by atoms with Crippen LogP contribution in [-0.4, -0.2) is 44.8 Å². The molecule has 0 radical (unpaired) electrons. The molecule has 2 rings (SSSR count). The maximum Gasteiger partial charge on any atom is 0.313 e. The van der Waals surface area contributed by atoms with E-state index in [0.717, 1.165) is 23.7 Å². The van der Waals surface area contributed by atoms with E-state index in [2.05, 4.69) is 0 Å². The zero-order valence-electron chi connectivity index (χ0n) is 9.28. The highest BCUT2D eigenvalue weighted by Gasteiger charge is 2.56. The first kappa shape index (κ1) is 12.6. The largest absolute Gasteiger partial charge is 0.481 e. The Balaban J connectivity index is 2.26. The molecule has 3 nitrogen and oxygen atoms in total. The van der Waals surface area contributed by atoms with Crippen LogP contribution in [0.3, 0.4) is 0 Å². The topological polar surface area (TPSA) is 57.5 Å². The molecule has 16 heavy (non-hydrogen) atoms. The Hall–Kier alpha value is 0.130. The number of aliphatic carboxylic acids is 1. The molecule has 0 aromatic carbocycles. The first-order chi connectivity index (χ1) is 7.61. The molecule has 0 aromatic rings. The summed E-state index contributed by atoms with van der Waals surface area (Å²) in [6.07, 6.45) is 2.80. The maximum absolute atomic E-state index is 11.6. The first-order valence-corrected chi connectivity index (χ1v) is 8.03. The van der Waals surface area contributed by atoms with Gasteiger partial charge >= 0.3 is 5.97 Å². The Kier molecular flexibility index (Phi) is 3.76. The number of hydrogen-bond donors (Lipinski definition) is 2. The summed E-state index contributed by atoms with van der Waals surface area (Å²) in [4.78, 5) is 11.6. The Morgan fingerprint density at radius 1 is 1.06 bits per heavy atom. The van der Waals surface area contributed by atoms with E-state index >= 15 is 0 Å². The molecule has 1 atom stereocenters. The highest BCUT2D eigenvalue weighted by molar-refractivity contribution is 7.99. The molecular formula is C11H18O3S2. The lowest BCUT2D eigenvalue weighted by Gasteiger charge is -2.48. The molecule has 0 aliphatic carbocycles. The third kappa shape index (κ3) is 1.97. The van der Waals surface area contributed by atoms with Gasteiger partial charge in [-0.15, -0.1) is 0 Å². The van der Waals surface area contributed by atoms with Crippen molar-refractivity contribution in [2.24, 2.45) is 5.41 Å². The maximum atomic E-state index is 11.6. The van der Waals surface area contributed by atoms with E-state index in [0.29, 0.717) is 25.0 Å². The third-order valence-corrected chi connectivity index (χ3v) is 6.12. The van der Waals surface area contributed by atoms with Crippen LogP contribution in [0.5, 0.6) is 0 Å². The van der Waals surface area contributed by atoms with E-state index in [9.17, 15) is 15.0 Å². The van der Waals surface area contributed by atoms with Crippen LogP contribution in [-0.2, 0) is 4.79 Å². The van der Waals surface area contributed by atoms with Gasteiger partial charge < -0.3 is 10.2 Å². The summed E-state index contributed by atoms with van der Waals surface area (Å²) in [5.41, 5.74) is -1.87. The lowest BCUT2D eigenvalue weighted by Crippen LogP contribution is -2.57. The Labute approximate surface area is 104 Å². The van der Waals surface area contributed by atoms with Crippen molar-refractivity contribution in [3.05, 3.63) is 0 Å². The molecule has 0 bridgehead atoms. The molecule has 0 saturated carbocycles. The van der Waals surface area contributed by atoms with E-state index in [1.165, 1.54) is 0 Å².